The fourth-order valence-corrected chi connectivity index (χ4v) is 3.64. The molecule has 0 bridgehead atoms. The van der Waals surface area contributed by atoms with Crippen molar-refractivity contribution in [3.8, 4) is 17.2 Å². The molecule has 0 unspecified atom stereocenters. The Labute approximate surface area is 188 Å². The molecule has 0 aliphatic heterocycles. The first-order valence-corrected chi connectivity index (χ1v) is 10.4. The molecule has 7 heteroatoms. The molecule has 0 amide bonds. The maximum Gasteiger partial charge on any atom is 0.162 e. The molecule has 3 aromatic carbocycles. The number of rotatable bonds is 8. The second-order valence-corrected chi connectivity index (χ2v) is 7.85. The van der Waals surface area contributed by atoms with Crippen LogP contribution in [0.2, 0.25) is 10.0 Å². The van der Waals surface area contributed by atoms with E-state index in [0.717, 1.165) is 21.3 Å². The standard InChI is InChI=1S/C22H20BrCl2NO3/c1-27-20-8-7-16(10-19(20)25)26-12-15-9-21(28-2)22(11-17(15)23)29-13-14-5-3-4-6-18(14)24/h3-11,26H,12-13H2,1-2H3. The Morgan fingerprint density at radius 2 is 1.59 bits per heavy atom. The minimum atomic E-state index is 0.352. The van der Waals surface area contributed by atoms with E-state index < -0.39 is 0 Å². The molecule has 0 aliphatic rings. The van der Waals surface area contributed by atoms with E-state index in [2.05, 4.69) is 21.2 Å². The maximum atomic E-state index is 6.20. The van der Waals surface area contributed by atoms with E-state index in [0.29, 0.717) is 40.4 Å². The number of halogens is 3. The number of benzene rings is 3. The van der Waals surface area contributed by atoms with E-state index in [-0.39, 0.29) is 0 Å². The molecule has 1 N–H and O–H groups in total. The van der Waals surface area contributed by atoms with Gasteiger partial charge in [-0.15, -0.1) is 0 Å². The third-order valence-corrected chi connectivity index (χ3v) is 5.71. The van der Waals surface area contributed by atoms with Gasteiger partial charge in [0.25, 0.3) is 0 Å². The minimum Gasteiger partial charge on any atom is -0.495 e. The van der Waals surface area contributed by atoms with Gasteiger partial charge in [-0.1, -0.05) is 57.3 Å². The van der Waals surface area contributed by atoms with Gasteiger partial charge in [-0.3, -0.25) is 0 Å². The summed E-state index contributed by atoms with van der Waals surface area (Å²) in [5.74, 6) is 1.92. The number of anilines is 1. The molecule has 0 aromatic heterocycles. The summed E-state index contributed by atoms with van der Waals surface area (Å²) in [6.07, 6.45) is 0. The van der Waals surface area contributed by atoms with Crippen LogP contribution in [0, 0.1) is 0 Å². The molecule has 3 rings (SSSR count). The molecular weight excluding hydrogens is 477 g/mol. The van der Waals surface area contributed by atoms with Crippen LogP contribution >= 0.6 is 39.1 Å². The van der Waals surface area contributed by atoms with Crippen molar-refractivity contribution in [1.82, 2.24) is 0 Å². The van der Waals surface area contributed by atoms with Crippen molar-refractivity contribution in [2.75, 3.05) is 19.5 Å². The van der Waals surface area contributed by atoms with Crippen LogP contribution in [0.15, 0.2) is 59.1 Å². The van der Waals surface area contributed by atoms with Gasteiger partial charge in [0, 0.05) is 27.3 Å². The van der Waals surface area contributed by atoms with Crippen molar-refractivity contribution in [3.63, 3.8) is 0 Å². The van der Waals surface area contributed by atoms with Gasteiger partial charge in [0.05, 0.1) is 19.2 Å². The second kappa shape index (κ2) is 10.1. The molecule has 0 radical (unpaired) electrons. The number of methoxy groups -OCH3 is 2. The summed E-state index contributed by atoms with van der Waals surface area (Å²) in [7, 11) is 3.21. The lowest BCUT2D eigenvalue weighted by Crippen LogP contribution is -2.03. The Morgan fingerprint density at radius 1 is 0.828 bits per heavy atom. The molecular formula is C22H20BrCl2NO3. The van der Waals surface area contributed by atoms with Crippen molar-refractivity contribution in [3.05, 3.63) is 80.2 Å². The van der Waals surface area contributed by atoms with Crippen LogP contribution in [0.3, 0.4) is 0 Å². The lowest BCUT2D eigenvalue weighted by Gasteiger charge is -2.15. The quantitative estimate of drug-likeness (QED) is 0.365. The highest BCUT2D eigenvalue weighted by atomic mass is 79.9. The van der Waals surface area contributed by atoms with Gasteiger partial charge in [0.15, 0.2) is 11.5 Å². The predicted octanol–water partition coefficient (Wildman–Crippen LogP) is 6.96. The van der Waals surface area contributed by atoms with Gasteiger partial charge in [-0.25, -0.2) is 0 Å². The van der Waals surface area contributed by atoms with Crippen molar-refractivity contribution in [2.45, 2.75) is 13.2 Å². The Morgan fingerprint density at radius 3 is 2.28 bits per heavy atom. The van der Waals surface area contributed by atoms with Gasteiger partial charge >= 0.3 is 0 Å². The average Bonchev–Trinajstić information content (AvgIpc) is 2.72. The fourth-order valence-electron chi connectivity index (χ4n) is 2.73. The molecule has 0 heterocycles. The third kappa shape index (κ3) is 5.50. The summed E-state index contributed by atoms with van der Waals surface area (Å²) in [5.41, 5.74) is 2.81. The first-order chi connectivity index (χ1) is 14.0. The topological polar surface area (TPSA) is 39.7 Å². The lowest BCUT2D eigenvalue weighted by molar-refractivity contribution is 0.284. The van der Waals surface area contributed by atoms with Crippen LogP contribution in [0.1, 0.15) is 11.1 Å². The summed E-state index contributed by atoms with van der Waals surface area (Å²) < 4.78 is 17.5. The van der Waals surface area contributed by atoms with E-state index in [1.807, 2.05) is 54.6 Å². The third-order valence-electron chi connectivity index (χ3n) is 4.31. The molecule has 29 heavy (non-hydrogen) atoms. The van der Waals surface area contributed by atoms with Crippen molar-refractivity contribution >= 4 is 44.8 Å². The molecule has 4 nitrogen and oxygen atoms in total. The van der Waals surface area contributed by atoms with Crippen LogP contribution in [-0.4, -0.2) is 14.2 Å². The monoisotopic (exact) mass is 495 g/mol. The zero-order valence-corrected chi connectivity index (χ0v) is 19.1. The average molecular weight is 497 g/mol. The van der Waals surface area contributed by atoms with E-state index >= 15 is 0 Å². The van der Waals surface area contributed by atoms with Gasteiger partial charge < -0.3 is 19.5 Å². The van der Waals surface area contributed by atoms with Gasteiger partial charge in [0.1, 0.15) is 12.4 Å². The van der Waals surface area contributed by atoms with Crippen LogP contribution in [0.25, 0.3) is 0 Å². The molecule has 152 valence electrons. The summed E-state index contributed by atoms with van der Waals surface area (Å²) in [6.45, 7) is 0.925. The van der Waals surface area contributed by atoms with Gasteiger partial charge in [0.2, 0.25) is 0 Å². The molecule has 0 spiro atoms. The maximum absolute atomic E-state index is 6.20. The number of ether oxygens (including phenoxy) is 3. The normalized spacial score (nSPS) is 10.5. The molecule has 0 saturated carbocycles. The first-order valence-electron chi connectivity index (χ1n) is 8.82. The van der Waals surface area contributed by atoms with Crippen molar-refractivity contribution in [1.29, 1.82) is 0 Å². The smallest absolute Gasteiger partial charge is 0.162 e. The van der Waals surface area contributed by atoms with E-state index in [9.17, 15) is 0 Å². The highest BCUT2D eigenvalue weighted by molar-refractivity contribution is 9.10. The number of nitrogens with one attached hydrogen (secondary N) is 1. The largest absolute Gasteiger partial charge is 0.495 e. The highest BCUT2D eigenvalue weighted by Crippen LogP contribution is 2.35. The first kappa shape index (κ1) is 21.6. The van der Waals surface area contributed by atoms with Crippen LogP contribution in [0.5, 0.6) is 17.2 Å². The minimum absolute atomic E-state index is 0.352. The Hall–Kier alpha value is -2.08. The van der Waals surface area contributed by atoms with Crippen molar-refractivity contribution in [2.24, 2.45) is 0 Å². The molecule has 0 saturated heterocycles. The molecule has 0 atom stereocenters. The number of hydrogen-bond donors (Lipinski definition) is 1. The number of hydrogen-bond acceptors (Lipinski definition) is 4. The fraction of sp³-hybridized carbons (Fsp3) is 0.182. The summed E-state index contributed by atoms with van der Waals surface area (Å²) in [4.78, 5) is 0. The molecule has 0 fully saturated rings. The molecule has 3 aromatic rings. The Kier molecular flexibility index (Phi) is 7.53. The predicted molar refractivity (Wildman–Crippen MR) is 122 cm³/mol. The lowest BCUT2D eigenvalue weighted by atomic mass is 10.2. The van der Waals surface area contributed by atoms with Crippen LogP contribution in [0.4, 0.5) is 5.69 Å². The Bertz CT molecular complexity index is 998. The summed E-state index contributed by atoms with van der Waals surface area (Å²) >= 11 is 16.0. The van der Waals surface area contributed by atoms with Gasteiger partial charge in [-0.2, -0.15) is 0 Å². The zero-order valence-electron chi connectivity index (χ0n) is 16.0. The van der Waals surface area contributed by atoms with Crippen LogP contribution in [-0.2, 0) is 13.2 Å². The SMILES string of the molecule is COc1ccc(NCc2cc(OC)c(OCc3ccccc3Cl)cc2Br)cc1Cl. The van der Waals surface area contributed by atoms with E-state index in [4.69, 9.17) is 37.4 Å². The Balaban J connectivity index is 1.72. The van der Waals surface area contributed by atoms with E-state index in [1.165, 1.54) is 0 Å². The second-order valence-electron chi connectivity index (χ2n) is 6.18. The summed E-state index contributed by atoms with van der Waals surface area (Å²) in [6, 6.07) is 17.0. The zero-order chi connectivity index (χ0) is 20.8. The van der Waals surface area contributed by atoms with Crippen molar-refractivity contribution < 1.29 is 14.2 Å². The van der Waals surface area contributed by atoms with E-state index in [1.54, 1.807) is 14.2 Å². The molecule has 0 aliphatic carbocycles. The van der Waals surface area contributed by atoms with Crippen LogP contribution < -0.4 is 19.5 Å². The van der Waals surface area contributed by atoms with Gasteiger partial charge in [-0.05, 0) is 42.0 Å². The summed E-state index contributed by atoms with van der Waals surface area (Å²) in [5, 5.41) is 4.57. The highest BCUT2D eigenvalue weighted by Gasteiger charge is 2.12.